The number of amides is 3. The van der Waals surface area contributed by atoms with E-state index in [1.165, 1.54) is 20.0 Å². The number of halogens is 2. The van der Waals surface area contributed by atoms with Gasteiger partial charge in [0.1, 0.15) is 5.75 Å². The van der Waals surface area contributed by atoms with Gasteiger partial charge in [0.2, 0.25) is 0 Å². The number of benzene rings is 1. The zero-order chi connectivity index (χ0) is 13.7. The Hall–Kier alpha value is -1.46. The van der Waals surface area contributed by atoms with E-state index in [0.29, 0.717) is 10.0 Å². The summed E-state index contributed by atoms with van der Waals surface area (Å²) in [6.45, 7) is 1.50. The molecule has 0 radical (unpaired) electrons. The summed E-state index contributed by atoms with van der Waals surface area (Å²) in [5, 5.41) is 5.13. The molecule has 0 aliphatic carbocycles. The zero-order valence-electron chi connectivity index (χ0n) is 9.79. The fraction of sp³-hybridized carbons (Fsp3) is 0.273. The van der Waals surface area contributed by atoms with Crippen molar-refractivity contribution in [2.24, 2.45) is 0 Å². The molecule has 2 N–H and O–H groups in total. The van der Waals surface area contributed by atoms with Gasteiger partial charge in [-0.3, -0.25) is 10.1 Å². The Morgan fingerprint density at radius 2 is 2.00 bits per heavy atom. The number of carbonyl (C=O) groups is 2. The molecule has 1 aromatic carbocycles. The Morgan fingerprint density at radius 3 is 2.61 bits per heavy atom. The van der Waals surface area contributed by atoms with E-state index in [9.17, 15) is 9.59 Å². The first kappa shape index (κ1) is 14.6. The van der Waals surface area contributed by atoms with E-state index in [2.05, 4.69) is 10.6 Å². The number of carbonyl (C=O) groups excluding carboxylic acids is 2. The highest BCUT2D eigenvalue weighted by atomic mass is 35.5. The molecule has 0 aliphatic rings. The quantitative estimate of drug-likeness (QED) is 0.897. The van der Waals surface area contributed by atoms with Crippen molar-refractivity contribution >= 4 is 35.1 Å². The van der Waals surface area contributed by atoms with Gasteiger partial charge in [0.05, 0.1) is 5.02 Å². The molecule has 3 amide bonds. The van der Waals surface area contributed by atoms with E-state index >= 15 is 0 Å². The van der Waals surface area contributed by atoms with Crippen LogP contribution < -0.4 is 15.4 Å². The van der Waals surface area contributed by atoms with Crippen LogP contribution in [0.5, 0.6) is 5.75 Å². The molecule has 1 rings (SSSR count). The van der Waals surface area contributed by atoms with Gasteiger partial charge >= 0.3 is 6.03 Å². The molecule has 5 nitrogen and oxygen atoms in total. The van der Waals surface area contributed by atoms with Gasteiger partial charge in [-0.1, -0.05) is 23.2 Å². The maximum Gasteiger partial charge on any atom is 0.321 e. The number of ether oxygens (including phenoxy) is 1. The monoisotopic (exact) mass is 290 g/mol. The molecule has 0 saturated heterocycles. The second kappa shape index (κ2) is 6.47. The normalized spacial score (nSPS) is 11.6. The number of nitrogens with one attached hydrogen (secondary N) is 2. The number of hydrogen-bond acceptors (Lipinski definition) is 3. The Bertz CT molecular complexity index is 466. The summed E-state index contributed by atoms with van der Waals surface area (Å²) in [6.07, 6.45) is -0.877. The summed E-state index contributed by atoms with van der Waals surface area (Å²) in [6, 6.07) is 4.05. The molecular formula is C11H12Cl2N2O3. The van der Waals surface area contributed by atoms with Gasteiger partial charge in [0, 0.05) is 18.1 Å². The minimum Gasteiger partial charge on any atom is -0.479 e. The number of imide groups is 1. The molecule has 18 heavy (non-hydrogen) atoms. The van der Waals surface area contributed by atoms with Crippen LogP contribution in [0.2, 0.25) is 10.0 Å². The van der Waals surface area contributed by atoms with Crippen LogP contribution in [0.3, 0.4) is 0 Å². The predicted molar refractivity (Wildman–Crippen MR) is 69.2 cm³/mol. The van der Waals surface area contributed by atoms with Crippen molar-refractivity contribution in [2.45, 2.75) is 13.0 Å². The fourth-order valence-corrected chi connectivity index (χ4v) is 1.41. The summed E-state index contributed by atoms with van der Waals surface area (Å²) in [5.41, 5.74) is 0. The fourth-order valence-electron chi connectivity index (χ4n) is 1.09. The van der Waals surface area contributed by atoms with Crippen molar-refractivity contribution in [3.8, 4) is 5.75 Å². The first-order valence-corrected chi connectivity index (χ1v) is 5.84. The van der Waals surface area contributed by atoms with Crippen LogP contribution in [-0.2, 0) is 4.79 Å². The topological polar surface area (TPSA) is 67.4 Å². The van der Waals surface area contributed by atoms with Gasteiger partial charge in [-0.25, -0.2) is 4.79 Å². The second-order valence-electron chi connectivity index (χ2n) is 3.40. The first-order valence-electron chi connectivity index (χ1n) is 5.08. The molecule has 0 heterocycles. The maximum atomic E-state index is 11.5. The smallest absolute Gasteiger partial charge is 0.321 e. The molecule has 1 aromatic rings. The molecule has 0 aromatic heterocycles. The van der Waals surface area contributed by atoms with Crippen LogP contribution in [0.1, 0.15) is 6.92 Å². The predicted octanol–water partition coefficient (Wildman–Crippen LogP) is 2.22. The minimum atomic E-state index is -0.877. The number of urea groups is 1. The molecule has 0 bridgehead atoms. The Labute approximate surface area is 114 Å². The van der Waals surface area contributed by atoms with Gasteiger partial charge in [-0.05, 0) is 19.1 Å². The average Bonchev–Trinajstić information content (AvgIpc) is 2.33. The molecule has 0 saturated carbocycles. The highest BCUT2D eigenvalue weighted by molar-refractivity contribution is 6.34. The van der Waals surface area contributed by atoms with Crippen LogP contribution >= 0.6 is 23.2 Å². The van der Waals surface area contributed by atoms with Gasteiger partial charge < -0.3 is 10.1 Å². The zero-order valence-corrected chi connectivity index (χ0v) is 11.3. The maximum absolute atomic E-state index is 11.5. The standard InChI is InChI=1S/C11H12Cl2N2O3/c1-6(10(16)15-11(17)14-2)18-9-5-7(12)3-4-8(9)13/h3-6H,1-2H3,(H2,14,15,16,17)/t6-/m1/s1. The van der Waals surface area contributed by atoms with Crippen LogP contribution in [0.15, 0.2) is 18.2 Å². The van der Waals surface area contributed by atoms with E-state index in [4.69, 9.17) is 27.9 Å². The van der Waals surface area contributed by atoms with Gasteiger partial charge in [-0.15, -0.1) is 0 Å². The number of hydrogen-bond donors (Lipinski definition) is 2. The Morgan fingerprint density at radius 1 is 1.33 bits per heavy atom. The lowest BCUT2D eigenvalue weighted by Gasteiger charge is -2.15. The summed E-state index contributed by atoms with van der Waals surface area (Å²) in [4.78, 5) is 22.5. The van der Waals surface area contributed by atoms with E-state index in [-0.39, 0.29) is 5.75 Å². The third-order valence-electron chi connectivity index (χ3n) is 2.03. The molecule has 0 fully saturated rings. The lowest BCUT2D eigenvalue weighted by Crippen LogP contribution is -2.43. The number of rotatable bonds is 3. The Balaban J connectivity index is 2.69. The molecule has 98 valence electrons. The molecule has 1 atom stereocenters. The molecule has 7 heteroatoms. The van der Waals surface area contributed by atoms with Gasteiger partial charge in [0.15, 0.2) is 6.10 Å². The van der Waals surface area contributed by atoms with Crippen molar-refractivity contribution < 1.29 is 14.3 Å². The highest BCUT2D eigenvalue weighted by Gasteiger charge is 2.18. The van der Waals surface area contributed by atoms with Crippen molar-refractivity contribution in [3.63, 3.8) is 0 Å². The van der Waals surface area contributed by atoms with Crippen molar-refractivity contribution in [2.75, 3.05) is 7.05 Å². The van der Waals surface area contributed by atoms with E-state index in [1.807, 2.05) is 0 Å². The summed E-state index contributed by atoms with van der Waals surface area (Å²) >= 11 is 11.7. The molecular weight excluding hydrogens is 279 g/mol. The summed E-state index contributed by atoms with van der Waals surface area (Å²) in [5.74, 6) is -0.297. The third-order valence-corrected chi connectivity index (χ3v) is 2.58. The third kappa shape index (κ3) is 4.09. The van der Waals surface area contributed by atoms with Crippen LogP contribution in [-0.4, -0.2) is 25.1 Å². The van der Waals surface area contributed by atoms with Crippen LogP contribution in [0, 0.1) is 0 Å². The molecule has 0 unspecified atom stereocenters. The average molecular weight is 291 g/mol. The van der Waals surface area contributed by atoms with Gasteiger partial charge in [0.25, 0.3) is 5.91 Å². The lowest BCUT2D eigenvalue weighted by atomic mass is 10.3. The SMILES string of the molecule is CNC(=O)NC(=O)[C@@H](C)Oc1cc(Cl)ccc1Cl. The van der Waals surface area contributed by atoms with E-state index in [0.717, 1.165) is 0 Å². The Kier molecular flexibility index (Phi) is 5.25. The van der Waals surface area contributed by atoms with Crippen LogP contribution in [0.25, 0.3) is 0 Å². The largest absolute Gasteiger partial charge is 0.479 e. The second-order valence-corrected chi connectivity index (χ2v) is 4.25. The van der Waals surface area contributed by atoms with E-state index < -0.39 is 18.0 Å². The van der Waals surface area contributed by atoms with Crippen molar-refractivity contribution in [3.05, 3.63) is 28.2 Å². The van der Waals surface area contributed by atoms with Crippen molar-refractivity contribution in [1.82, 2.24) is 10.6 Å². The summed E-state index contributed by atoms with van der Waals surface area (Å²) in [7, 11) is 1.40. The summed E-state index contributed by atoms with van der Waals surface area (Å²) < 4.78 is 5.32. The first-order chi connectivity index (χ1) is 8.43. The van der Waals surface area contributed by atoms with Crippen molar-refractivity contribution in [1.29, 1.82) is 0 Å². The van der Waals surface area contributed by atoms with Crippen LogP contribution in [0.4, 0.5) is 4.79 Å². The van der Waals surface area contributed by atoms with E-state index in [1.54, 1.807) is 12.1 Å². The highest BCUT2D eigenvalue weighted by Crippen LogP contribution is 2.28. The minimum absolute atomic E-state index is 0.281. The molecule has 0 spiro atoms. The lowest BCUT2D eigenvalue weighted by molar-refractivity contribution is -0.126. The van der Waals surface area contributed by atoms with Gasteiger partial charge in [-0.2, -0.15) is 0 Å². The molecule has 0 aliphatic heterocycles.